The van der Waals surface area contributed by atoms with Crippen molar-refractivity contribution in [1.29, 1.82) is 0 Å². The Labute approximate surface area is 105 Å². The lowest BCUT2D eigenvalue weighted by molar-refractivity contribution is -0.0524. The topological polar surface area (TPSA) is 46.6 Å². The summed E-state index contributed by atoms with van der Waals surface area (Å²) in [5.74, 6) is -0.185. The largest absolute Gasteiger partial charge is 0.534 e. The predicted octanol–water partition coefficient (Wildman–Crippen LogP) is 2.24. The molecule has 1 atom stereocenters. The molecule has 0 radical (unpaired) electrons. The third-order valence-corrected chi connectivity index (χ3v) is 3.61. The van der Waals surface area contributed by atoms with Crippen molar-refractivity contribution in [3.05, 3.63) is 11.8 Å². The molecule has 0 bridgehead atoms. The first-order valence-corrected chi connectivity index (χ1v) is 6.73. The average molecular weight is 287 g/mol. The molecule has 0 amide bonds. The molecule has 1 aliphatic rings. The van der Waals surface area contributed by atoms with E-state index in [4.69, 9.17) is 0 Å². The van der Waals surface area contributed by atoms with Gasteiger partial charge in [-0.05, 0) is 33.8 Å². The van der Waals surface area contributed by atoms with E-state index in [1.54, 1.807) is 6.92 Å². The second kappa shape index (κ2) is 4.41. The highest BCUT2D eigenvalue weighted by molar-refractivity contribution is 7.87. The molecule has 0 aromatic carbocycles. The Kier molecular flexibility index (Phi) is 3.75. The zero-order chi connectivity index (χ0) is 14.4. The molecule has 1 unspecified atom stereocenters. The highest BCUT2D eigenvalue weighted by atomic mass is 32.2. The van der Waals surface area contributed by atoms with E-state index in [1.165, 1.54) is 6.08 Å². The van der Waals surface area contributed by atoms with Crippen LogP contribution in [0.3, 0.4) is 0 Å². The maximum absolute atomic E-state index is 12.2. The third-order valence-electron chi connectivity index (χ3n) is 2.61. The molecule has 1 rings (SSSR count). The van der Waals surface area contributed by atoms with Gasteiger partial charge in [0.25, 0.3) is 0 Å². The summed E-state index contributed by atoms with van der Waals surface area (Å²) in [6, 6.07) is -0.177. The van der Waals surface area contributed by atoms with E-state index in [0.717, 1.165) is 0 Å². The zero-order valence-corrected chi connectivity index (χ0v) is 11.4. The molecule has 106 valence electrons. The molecule has 0 N–H and O–H groups in total. The summed E-state index contributed by atoms with van der Waals surface area (Å²) < 4.78 is 62.3. The van der Waals surface area contributed by atoms with Crippen molar-refractivity contribution in [2.24, 2.45) is 0 Å². The van der Waals surface area contributed by atoms with E-state index in [0.29, 0.717) is 0 Å². The summed E-state index contributed by atoms with van der Waals surface area (Å²) in [5, 5.41) is 0. The molecule has 0 spiro atoms. The van der Waals surface area contributed by atoms with Gasteiger partial charge in [0.1, 0.15) is 5.76 Å². The summed E-state index contributed by atoms with van der Waals surface area (Å²) in [6.45, 7) is 7.47. The SMILES string of the molecule is CC1C=C(OS(=O)(=O)C(F)(F)F)CN1C(C)(C)C. The van der Waals surface area contributed by atoms with E-state index >= 15 is 0 Å². The van der Waals surface area contributed by atoms with Crippen molar-refractivity contribution in [1.82, 2.24) is 4.90 Å². The van der Waals surface area contributed by atoms with Crippen LogP contribution in [0.5, 0.6) is 0 Å². The molecule has 0 fully saturated rings. The van der Waals surface area contributed by atoms with Crippen LogP contribution in [0.4, 0.5) is 13.2 Å². The van der Waals surface area contributed by atoms with Crippen LogP contribution in [0, 0.1) is 0 Å². The quantitative estimate of drug-likeness (QED) is 0.577. The Morgan fingerprint density at radius 3 is 2.17 bits per heavy atom. The van der Waals surface area contributed by atoms with Crippen molar-refractivity contribution >= 4 is 10.1 Å². The second-order valence-corrected chi connectivity index (χ2v) is 6.69. The zero-order valence-electron chi connectivity index (χ0n) is 10.6. The molecular formula is C10H16F3NO3S. The summed E-state index contributed by atoms with van der Waals surface area (Å²) >= 11 is 0. The first-order valence-electron chi connectivity index (χ1n) is 5.33. The van der Waals surface area contributed by atoms with Gasteiger partial charge < -0.3 is 4.18 Å². The van der Waals surface area contributed by atoms with Gasteiger partial charge in [-0.1, -0.05) is 0 Å². The number of halogens is 3. The van der Waals surface area contributed by atoms with E-state index in [1.807, 2.05) is 25.7 Å². The molecule has 0 saturated carbocycles. The van der Waals surface area contributed by atoms with Gasteiger partial charge in [-0.2, -0.15) is 21.6 Å². The van der Waals surface area contributed by atoms with Gasteiger partial charge in [0.15, 0.2) is 0 Å². The Balaban J connectivity index is 2.83. The monoisotopic (exact) mass is 287 g/mol. The fourth-order valence-electron chi connectivity index (χ4n) is 1.81. The normalized spacial score (nSPS) is 23.1. The molecule has 0 aromatic heterocycles. The number of alkyl halides is 3. The van der Waals surface area contributed by atoms with Crippen LogP contribution in [0.2, 0.25) is 0 Å². The minimum Gasteiger partial charge on any atom is -0.379 e. The molecule has 0 saturated heterocycles. The van der Waals surface area contributed by atoms with Crippen molar-refractivity contribution in [2.75, 3.05) is 6.54 Å². The van der Waals surface area contributed by atoms with Gasteiger partial charge in [0.2, 0.25) is 0 Å². The fourth-order valence-corrected chi connectivity index (χ4v) is 2.30. The molecule has 4 nitrogen and oxygen atoms in total. The fraction of sp³-hybridized carbons (Fsp3) is 0.800. The van der Waals surface area contributed by atoms with E-state index in [2.05, 4.69) is 4.18 Å². The Morgan fingerprint density at radius 2 is 1.83 bits per heavy atom. The molecule has 8 heteroatoms. The molecular weight excluding hydrogens is 271 g/mol. The van der Waals surface area contributed by atoms with Crippen molar-refractivity contribution in [2.45, 2.75) is 44.8 Å². The smallest absolute Gasteiger partial charge is 0.379 e. The number of rotatable bonds is 2. The number of nitrogens with zero attached hydrogens (tertiary/aromatic N) is 1. The lowest BCUT2D eigenvalue weighted by Gasteiger charge is -2.35. The minimum atomic E-state index is -5.57. The summed E-state index contributed by atoms with van der Waals surface area (Å²) in [5.41, 5.74) is -5.69. The lowest BCUT2D eigenvalue weighted by atomic mass is 10.1. The maximum atomic E-state index is 12.2. The maximum Gasteiger partial charge on any atom is 0.534 e. The van der Waals surface area contributed by atoms with Gasteiger partial charge in [0.05, 0.1) is 6.54 Å². The van der Waals surface area contributed by atoms with Crippen LogP contribution in [-0.2, 0) is 14.3 Å². The second-order valence-electron chi connectivity index (χ2n) is 5.16. The molecule has 0 aliphatic carbocycles. The third kappa shape index (κ3) is 3.17. The summed E-state index contributed by atoms with van der Waals surface area (Å²) in [7, 11) is -5.57. The van der Waals surface area contributed by atoms with Crippen molar-refractivity contribution in [3.63, 3.8) is 0 Å². The molecule has 1 heterocycles. The Bertz CT molecular complexity index is 448. The van der Waals surface area contributed by atoms with Crippen LogP contribution in [0.1, 0.15) is 27.7 Å². The predicted molar refractivity (Wildman–Crippen MR) is 60.1 cm³/mol. The van der Waals surface area contributed by atoms with Gasteiger partial charge in [-0.15, -0.1) is 0 Å². The standard InChI is InChI=1S/C10H16F3NO3S/c1-7-5-8(6-14(7)9(2,3)4)17-18(15,16)10(11,12)13/h5,7H,6H2,1-4H3. The van der Waals surface area contributed by atoms with Crippen LogP contribution < -0.4 is 0 Å². The van der Waals surface area contributed by atoms with Crippen LogP contribution in [-0.4, -0.2) is 37.0 Å². The minimum absolute atomic E-state index is 0.0416. The first kappa shape index (κ1) is 15.3. The van der Waals surface area contributed by atoms with Gasteiger partial charge in [-0.3, -0.25) is 4.90 Å². The van der Waals surface area contributed by atoms with Gasteiger partial charge in [-0.25, -0.2) is 0 Å². The first-order chi connectivity index (χ1) is 7.84. The average Bonchev–Trinajstić information content (AvgIpc) is 2.42. The Morgan fingerprint density at radius 1 is 1.33 bits per heavy atom. The molecule has 0 aromatic rings. The van der Waals surface area contributed by atoms with Gasteiger partial charge in [0, 0.05) is 11.6 Å². The van der Waals surface area contributed by atoms with Crippen LogP contribution in [0.15, 0.2) is 11.8 Å². The number of hydrogen-bond donors (Lipinski definition) is 0. The molecule has 1 aliphatic heterocycles. The van der Waals surface area contributed by atoms with Gasteiger partial charge >= 0.3 is 15.6 Å². The van der Waals surface area contributed by atoms with E-state index < -0.39 is 15.6 Å². The van der Waals surface area contributed by atoms with Crippen molar-refractivity contribution in [3.8, 4) is 0 Å². The highest BCUT2D eigenvalue weighted by Crippen LogP contribution is 2.31. The summed E-state index contributed by atoms with van der Waals surface area (Å²) in [4.78, 5) is 1.84. The summed E-state index contributed by atoms with van der Waals surface area (Å²) in [6.07, 6.45) is 1.38. The highest BCUT2D eigenvalue weighted by Gasteiger charge is 2.49. The lowest BCUT2D eigenvalue weighted by Crippen LogP contribution is -2.44. The number of hydrogen-bond acceptors (Lipinski definition) is 4. The van der Waals surface area contributed by atoms with Crippen molar-refractivity contribution < 1.29 is 25.8 Å². The van der Waals surface area contributed by atoms with E-state index in [9.17, 15) is 21.6 Å². The van der Waals surface area contributed by atoms with Crippen LogP contribution >= 0.6 is 0 Å². The van der Waals surface area contributed by atoms with Crippen LogP contribution in [0.25, 0.3) is 0 Å². The Hall–Kier alpha value is -0.760. The van der Waals surface area contributed by atoms with E-state index in [-0.39, 0.29) is 23.9 Å². The molecule has 18 heavy (non-hydrogen) atoms.